The monoisotopic (exact) mass is 264 g/mol. The summed E-state index contributed by atoms with van der Waals surface area (Å²) in [6.07, 6.45) is 1.49. The van der Waals surface area contributed by atoms with Crippen molar-refractivity contribution < 1.29 is 14.3 Å². The third kappa shape index (κ3) is 3.17. The summed E-state index contributed by atoms with van der Waals surface area (Å²) in [5.74, 6) is 1.17. The summed E-state index contributed by atoms with van der Waals surface area (Å²) in [5.41, 5.74) is 5.84. The van der Waals surface area contributed by atoms with Crippen molar-refractivity contribution in [3.8, 4) is 11.5 Å². The molecule has 0 heterocycles. The first kappa shape index (κ1) is 13.7. The van der Waals surface area contributed by atoms with Gasteiger partial charge in [0.15, 0.2) is 11.5 Å². The molecule has 0 aromatic heterocycles. The molecule has 5 nitrogen and oxygen atoms in total. The SMILES string of the molecule is CCOc1ccc(NC(=O)C2(N)CC2)cc1OCC. The van der Waals surface area contributed by atoms with Crippen molar-refractivity contribution in [3.63, 3.8) is 0 Å². The highest BCUT2D eigenvalue weighted by molar-refractivity contribution is 6.00. The van der Waals surface area contributed by atoms with E-state index in [9.17, 15) is 4.79 Å². The lowest BCUT2D eigenvalue weighted by Gasteiger charge is -2.14. The quantitative estimate of drug-likeness (QED) is 0.823. The van der Waals surface area contributed by atoms with Gasteiger partial charge in [-0.1, -0.05) is 0 Å². The molecule has 0 aliphatic heterocycles. The fourth-order valence-corrected chi connectivity index (χ4v) is 1.75. The van der Waals surface area contributed by atoms with E-state index >= 15 is 0 Å². The molecule has 5 heteroatoms. The largest absolute Gasteiger partial charge is 0.490 e. The standard InChI is InChI=1S/C14H20N2O3/c1-3-18-11-6-5-10(9-12(11)19-4-2)16-13(17)14(15)7-8-14/h5-6,9H,3-4,7-8,15H2,1-2H3,(H,16,17). The fraction of sp³-hybridized carbons (Fsp3) is 0.500. The van der Waals surface area contributed by atoms with Crippen LogP contribution in [0.3, 0.4) is 0 Å². The zero-order chi connectivity index (χ0) is 13.9. The molecule has 0 saturated heterocycles. The summed E-state index contributed by atoms with van der Waals surface area (Å²) in [6.45, 7) is 4.92. The first-order chi connectivity index (χ1) is 9.09. The van der Waals surface area contributed by atoms with Gasteiger partial charge in [-0.3, -0.25) is 4.79 Å². The van der Waals surface area contributed by atoms with E-state index in [2.05, 4.69) is 5.32 Å². The van der Waals surface area contributed by atoms with Gasteiger partial charge in [0.05, 0.1) is 18.8 Å². The molecule has 1 aromatic carbocycles. The Labute approximate surface area is 113 Å². The van der Waals surface area contributed by atoms with Crippen LogP contribution in [0.4, 0.5) is 5.69 Å². The van der Waals surface area contributed by atoms with Crippen molar-refractivity contribution in [3.05, 3.63) is 18.2 Å². The van der Waals surface area contributed by atoms with E-state index in [0.29, 0.717) is 30.4 Å². The Morgan fingerprint density at radius 1 is 1.26 bits per heavy atom. The molecule has 19 heavy (non-hydrogen) atoms. The number of nitrogens with one attached hydrogen (secondary N) is 1. The van der Waals surface area contributed by atoms with Crippen molar-refractivity contribution >= 4 is 11.6 Å². The first-order valence-electron chi connectivity index (χ1n) is 6.59. The number of carbonyl (C=O) groups excluding carboxylic acids is 1. The van der Waals surface area contributed by atoms with Gasteiger partial charge < -0.3 is 20.5 Å². The highest BCUT2D eigenvalue weighted by Crippen LogP contribution is 2.35. The van der Waals surface area contributed by atoms with Gasteiger partial charge in [0.1, 0.15) is 0 Å². The van der Waals surface area contributed by atoms with E-state index < -0.39 is 5.54 Å². The van der Waals surface area contributed by atoms with E-state index in [-0.39, 0.29) is 5.91 Å². The summed E-state index contributed by atoms with van der Waals surface area (Å²) < 4.78 is 11.0. The van der Waals surface area contributed by atoms with Gasteiger partial charge in [-0.15, -0.1) is 0 Å². The average Bonchev–Trinajstić information content (AvgIpc) is 3.13. The zero-order valence-electron chi connectivity index (χ0n) is 11.4. The van der Waals surface area contributed by atoms with Gasteiger partial charge in [-0.25, -0.2) is 0 Å². The minimum atomic E-state index is -0.676. The van der Waals surface area contributed by atoms with Crippen molar-refractivity contribution in [1.82, 2.24) is 0 Å². The van der Waals surface area contributed by atoms with Crippen LogP contribution in [0.15, 0.2) is 18.2 Å². The fourth-order valence-electron chi connectivity index (χ4n) is 1.75. The number of anilines is 1. The second kappa shape index (κ2) is 5.48. The Hall–Kier alpha value is -1.75. The number of rotatable bonds is 6. The Morgan fingerprint density at radius 3 is 2.47 bits per heavy atom. The molecule has 0 unspecified atom stereocenters. The maximum absolute atomic E-state index is 11.9. The lowest BCUT2D eigenvalue weighted by Crippen LogP contribution is -2.37. The molecule has 0 spiro atoms. The van der Waals surface area contributed by atoms with Crippen LogP contribution in [-0.2, 0) is 4.79 Å². The molecule has 1 aliphatic carbocycles. The zero-order valence-corrected chi connectivity index (χ0v) is 11.4. The number of carbonyl (C=O) groups is 1. The number of hydrogen-bond donors (Lipinski definition) is 2. The van der Waals surface area contributed by atoms with Crippen LogP contribution in [0, 0.1) is 0 Å². The third-order valence-electron chi connectivity index (χ3n) is 3.04. The predicted molar refractivity (Wildman–Crippen MR) is 73.6 cm³/mol. The predicted octanol–water partition coefficient (Wildman–Crippen LogP) is 1.91. The van der Waals surface area contributed by atoms with Crippen LogP contribution in [0.25, 0.3) is 0 Å². The van der Waals surface area contributed by atoms with Crippen molar-refractivity contribution in [1.29, 1.82) is 0 Å². The normalized spacial score (nSPS) is 15.7. The van der Waals surface area contributed by atoms with Gasteiger partial charge >= 0.3 is 0 Å². The van der Waals surface area contributed by atoms with Crippen molar-refractivity contribution in [2.45, 2.75) is 32.2 Å². The Morgan fingerprint density at radius 2 is 1.89 bits per heavy atom. The van der Waals surface area contributed by atoms with Gasteiger partial charge in [0, 0.05) is 11.8 Å². The number of amides is 1. The molecule has 3 N–H and O–H groups in total. The molecule has 104 valence electrons. The summed E-state index contributed by atoms with van der Waals surface area (Å²) in [6, 6.07) is 5.34. The maximum atomic E-state index is 11.9. The van der Waals surface area contributed by atoms with Crippen LogP contribution in [0.5, 0.6) is 11.5 Å². The molecular weight excluding hydrogens is 244 g/mol. The maximum Gasteiger partial charge on any atom is 0.244 e. The summed E-state index contributed by atoms with van der Waals surface area (Å²) >= 11 is 0. The summed E-state index contributed by atoms with van der Waals surface area (Å²) in [7, 11) is 0. The van der Waals surface area contributed by atoms with Gasteiger partial charge in [0.2, 0.25) is 5.91 Å². The molecule has 1 aromatic rings. The lowest BCUT2D eigenvalue weighted by molar-refractivity contribution is -0.118. The summed E-state index contributed by atoms with van der Waals surface area (Å²) in [5, 5.41) is 2.81. The average molecular weight is 264 g/mol. The minimum absolute atomic E-state index is 0.140. The summed E-state index contributed by atoms with van der Waals surface area (Å²) in [4.78, 5) is 11.9. The molecule has 1 aliphatic rings. The number of benzene rings is 1. The van der Waals surface area contributed by atoms with Crippen LogP contribution < -0.4 is 20.5 Å². The van der Waals surface area contributed by atoms with E-state index in [1.807, 2.05) is 13.8 Å². The van der Waals surface area contributed by atoms with E-state index in [4.69, 9.17) is 15.2 Å². The Kier molecular flexibility index (Phi) is 3.95. The molecule has 0 radical (unpaired) electrons. The number of nitrogens with two attached hydrogens (primary N) is 1. The Bertz CT molecular complexity index is 470. The third-order valence-corrected chi connectivity index (χ3v) is 3.04. The topological polar surface area (TPSA) is 73.6 Å². The molecular formula is C14H20N2O3. The van der Waals surface area contributed by atoms with Crippen molar-refractivity contribution in [2.75, 3.05) is 18.5 Å². The number of hydrogen-bond acceptors (Lipinski definition) is 4. The Balaban J connectivity index is 2.12. The van der Waals surface area contributed by atoms with Gasteiger partial charge in [0.25, 0.3) is 0 Å². The van der Waals surface area contributed by atoms with Crippen LogP contribution >= 0.6 is 0 Å². The smallest absolute Gasteiger partial charge is 0.244 e. The van der Waals surface area contributed by atoms with Crippen molar-refractivity contribution in [2.24, 2.45) is 5.73 Å². The molecule has 0 atom stereocenters. The van der Waals surface area contributed by atoms with Crippen LogP contribution in [-0.4, -0.2) is 24.7 Å². The van der Waals surface area contributed by atoms with Crippen LogP contribution in [0.2, 0.25) is 0 Å². The second-order valence-electron chi connectivity index (χ2n) is 4.64. The van der Waals surface area contributed by atoms with Gasteiger partial charge in [-0.05, 0) is 38.8 Å². The highest BCUT2D eigenvalue weighted by Gasteiger charge is 2.45. The molecule has 1 saturated carbocycles. The molecule has 2 rings (SSSR count). The lowest BCUT2D eigenvalue weighted by atomic mass is 10.2. The van der Waals surface area contributed by atoms with E-state index in [0.717, 1.165) is 12.8 Å². The van der Waals surface area contributed by atoms with E-state index in [1.54, 1.807) is 18.2 Å². The highest BCUT2D eigenvalue weighted by atomic mass is 16.5. The molecule has 1 amide bonds. The minimum Gasteiger partial charge on any atom is -0.490 e. The number of ether oxygens (including phenoxy) is 2. The molecule has 1 fully saturated rings. The first-order valence-corrected chi connectivity index (χ1v) is 6.59. The van der Waals surface area contributed by atoms with E-state index in [1.165, 1.54) is 0 Å². The van der Waals surface area contributed by atoms with Crippen LogP contribution in [0.1, 0.15) is 26.7 Å². The second-order valence-corrected chi connectivity index (χ2v) is 4.64. The molecule has 0 bridgehead atoms. The van der Waals surface area contributed by atoms with Gasteiger partial charge in [-0.2, -0.15) is 0 Å².